The maximum absolute atomic E-state index is 5.59. The summed E-state index contributed by atoms with van der Waals surface area (Å²) in [6.45, 7) is 8.60. The molecule has 0 bridgehead atoms. The van der Waals surface area contributed by atoms with Gasteiger partial charge in [-0.2, -0.15) is 0 Å². The number of aromatic nitrogens is 1. The average Bonchev–Trinajstić information content (AvgIpc) is 2.35. The average molecular weight is 251 g/mol. The molecular formula is C13H21N3S. The fourth-order valence-electron chi connectivity index (χ4n) is 1.78. The molecular weight excluding hydrogens is 230 g/mol. The first kappa shape index (κ1) is 14.1. The molecule has 0 aliphatic rings. The maximum Gasteiger partial charge on any atom is 0.122 e. The third kappa shape index (κ3) is 4.06. The summed E-state index contributed by atoms with van der Waals surface area (Å²) in [6.07, 6.45) is 2.93. The van der Waals surface area contributed by atoms with E-state index in [4.69, 9.17) is 18.0 Å². The highest BCUT2D eigenvalue weighted by Crippen LogP contribution is 2.10. The van der Waals surface area contributed by atoms with Crippen LogP contribution in [0.2, 0.25) is 0 Å². The zero-order chi connectivity index (χ0) is 12.8. The zero-order valence-corrected chi connectivity index (χ0v) is 11.6. The van der Waals surface area contributed by atoms with Crippen molar-refractivity contribution in [2.24, 2.45) is 5.73 Å². The van der Waals surface area contributed by atoms with Crippen molar-refractivity contribution < 1.29 is 0 Å². The Bertz CT molecular complexity index is 379. The van der Waals surface area contributed by atoms with Crippen LogP contribution in [0.1, 0.15) is 38.4 Å². The molecule has 0 aliphatic carbocycles. The minimum atomic E-state index is 0.360. The van der Waals surface area contributed by atoms with E-state index in [1.54, 1.807) is 6.20 Å². The van der Waals surface area contributed by atoms with Gasteiger partial charge in [0, 0.05) is 18.8 Å². The lowest BCUT2D eigenvalue weighted by Gasteiger charge is -2.27. The minimum absolute atomic E-state index is 0.360. The van der Waals surface area contributed by atoms with E-state index in [1.807, 2.05) is 12.1 Å². The second kappa shape index (κ2) is 6.67. The van der Waals surface area contributed by atoms with Gasteiger partial charge < -0.3 is 5.73 Å². The van der Waals surface area contributed by atoms with Crippen LogP contribution in [0.5, 0.6) is 0 Å². The van der Waals surface area contributed by atoms with E-state index in [9.17, 15) is 0 Å². The Morgan fingerprint density at radius 3 is 2.76 bits per heavy atom. The summed E-state index contributed by atoms with van der Waals surface area (Å²) >= 11 is 4.94. The van der Waals surface area contributed by atoms with Crippen LogP contribution in [-0.2, 0) is 6.54 Å². The van der Waals surface area contributed by atoms with Crippen LogP contribution in [0.25, 0.3) is 0 Å². The van der Waals surface area contributed by atoms with E-state index in [-0.39, 0.29) is 0 Å². The van der Waals surface area contributed by atoms with Crippen molar-refractivity contribution in [2.45, 2.75) is 39.8 Å². The Labute approximate surface area is 109 Å². The van der Waals surface area contributed by atoms with Crippen molar-refractivity contribution in [1.29, 1.82) is 0 Å². The Morgan fingerprint density at radius 2 is 2.24 bits per heavy atom. The van der Waals surface area contributed by atoms with E-state index in [1.165, 1.54) is 5.56 Å². The molecule has 1 rings (SSSR count). The van der Waals surface area contributed by atoms with Crippen molar-refractivity contribution in [2.75, 3.05) is 6.54 Å². The first-order valence-corrected chi connectivity index (χ1v) is 6.48. The fourth-order valence-corrected chi connectivity index (χ4v) is 1.89. The van der Waals surface area contributed by atoms with Crippen molar-refractivity contribution in [3.05, 3.63) is 29.6 Å². The van der Waals surface area contributed by atoms with E-state index < -0.39 is 0 Å². The number of thiocarbonyl (C=S) groups is 1. The molecule has 1 unspecified atom stereocenters. The van der Waals surface area contributed by atoms with E-state index >= 15 is 0 Å². The van der Waals surface area contributed by atoms with Gasteiger partial charge in [0.05, 0.1) is 5.69 Å². The van der Waals surface area contributed by atoms with Crippen molar-refractivity contribution in [1.82, 2.24) is 9.88 Å². The molecule has 0 saturated carbocycles. The van der Waals surface area contributed by atoms with Crippen molar-refractivity contribution in [3.8, 4) is 0 Å². The molecule has 3 nitrogen and oxygen atoms in total. The molecule has 0 fully saturated rings. The van der Waals surface area contributed by atoms with Gasteiger partial charge in [-0.3, -0.25) is 9.88 Å². The summed E-state index contributed by atoms with van der Waals surface area (Å²) in [5, 5.41) is 0. The summed E-state index contributed by atoms with van der Waals surface area (Å²) in [5.74, 6) is 0. The molecule has 0 amide bonds. The maximum atomic E-state index is 5.59. The highest BCUT2D eigenvalue weighted by Gasteiger charge is 2.11. The molecule has 1 heterocycles. The summed E-state index contributed by atoms with van der Waals surface area (Å²) in [7, 11) is 0. The standard InChI is InChI=1S/C13H21N3S/c1-4-10(3)16(5-2)9-11-6-7-15-12(8-11)13(14)17/h6-8,10H,4-5,9H2,1-3H3,(H2,14,17). The highest BCUT2D eigenvalue weighted by molar-refractivity contribution is 7.80. The molecule has 0 radical (unpaired) electrons. The molecule has 17 heavy (non-hydrogen) atoms. The van der Waals surface area contributed by atoms with Crippen LogP contribution >= 0.6 is 12.2 Å². The number of nitrogens with two attached hydrogens (primary N) is 1. The monoisotopic (exact) mass is 251 g/mol. The van der Waals surface area contributed by atoms with Crippen molar-refractivity contribution in [3.63, 3.8) is 0 Å². The molecule has 0 aliphatic heterocycles. The lowest BCUT2D eigenvalue weighted by Crippen LogP contribution is -2.31. The van der Waals surface area contributed by atoms with E-state index in [2.05, 4.69) is 30.7 Å². The fraction of sp³-hybridized carbons (Fsp3) is 0.538. The Hall–Kier alpha value is -1.00. The summed E-state index contributed by atoms with van der Waals surface area (Å²) in [5.41, 5.74) is 7.51. The minimum Gasteiger partial charge on any atom is -0.388 e. The second-order valence-electron chi connectivity index (χ2n) is 4.23. The first-order chi connectivity index (χ1) is 8.08. The number of hydrogen-bond acceptors (Lipinski definition) is 3. The molecule has 4 heteroatoms. The van der Waals surface area contributed by atoms with Gasteiger partial charge in [0.1, 0.15) is 4.99 Å². The molecule has 0 spiro atoms. The smallest absolute Gasteiger partial charge is 0.122 e. The third-order valence-corrected chi connectivity index (χ3v) is 3.29. The predicted octanol–water partition coefficient (Wildman–Crippen LogP) is 2.34. The lowest BCUT2D eigenvalue weighted by atomic mass is 10.1. The molecule has 2 N–H and O–H groups in total. The highest BCUT2D eigenvalue weighted by atomic mass is 32.1. The van der Waals surface area contributed by atoms with Gasteiger partial charge in [0.15, 0.2) is 0 Å². The largest absolute Gasteiger partial charge is 0.388 e. The molecule has 1 aromatic rings. The van der Waals surface area contributed by atoms with Gasteiger partial charge in [-0.25, -0.2) is 0 Å². The molecule has 0 aromatic carbocycles. The zero-order valence-electron chi connectivity index (χ0n) is 10.8. The van der Waals surface area contributed by atoms with Gasteiger partial charge in [-0.1, -0.05) is 26.1 Å². The Balaban J connectivity index is 2.79. The molecule has 94 valence electrons. The normalized spacial score (nSPS) is 12.7. The number of hydrogen-bond donors (Lipinski definition) is 1. The number of pyridine rings is 1. The number of nitrogens with zero attached hydrogens (tertiary/aromatic N) is 2. The van der Waals surface area contributed by atoms with Gasteiger partial charge in [0.25, 0.3) is 0 Å². The quantitative estimate of drug-likeness (QED) is 0.788. The van der Waals surface area contributed by atoms with E-state index in [0.29, 0.717) is 16.7 Å². The molecule has 1 atom stereocenters. The Kier molecular flexibility index (Phi) is 5.51. The summed E-state index contributed by atoms with van der Waals surface area (Å²) in [6, 6.07) is 4.58. The van der Waals surface area contributed by atoms with Crippen LogP contribution in [0.4, 0.5) is 0 Å². The van der Waals surface area contributed by atoms with Gasteiger partial charge in [-0.15, -0.1) is 0 Å². The van der Waals surface area contributed by atoms with Crippen molar-refractivity contribution >= 4 is 17.2 Å². The SMILES string of the molecule is CCC(C)N(CC)Cc1ccnc(C(N)=S)c1. The lowest BCUT2D eigenvalue weighted by molar-refractivity contribution is 0.206. The topological polar surface area (TPSA) is 42.2 Å². The molecule has 0 saturated heterocycles. The van der Waals surface area contributed by atoms with Crippen LogP contribution in [0, 0.1) is 0 Å². The van der Waals surface area contributed by atoms with Gasteiger partial charge in [-0.05, 0) is 37.6 Å². The van der Waals surface area contributed by atoms with Gasteiger partial charge in [0.2, 0.25) is 0 Å². The second-order valence-corrected chi connectivity index (χ2v) is 4.67. The summed E-state index contributed by atoms with van der Waals surface area (Å²) in [4.78, 5) is 6.94. The van der Waals surface area contributed by atoms with Crippen LogP contribution in [-0.4, -0.2) is 27.5 Å². The number of rotatable bonds is 6. The third-order valence-electron chi connectivity index (χ3n) is 3.08. The predicted molar refractivity (Wildman–Crippen MR) is 76.0 cm³/mol. The van der Waals surface area contributed by atoms with Crippen LogP contribution < -0.4 is 5.73 Å². The Morgan fingerprint density at radius 1 is 1.53 bits per heavy atom. The van der Waals surface area contributed by atoms with Crippen LogP contribution in [0.3, 0.4) is 0 Å². The van der Waals surface area contributed by atoms with Crippen LogP contribution in [0.15, 0.2) is 18.3 Å². The van der Waals surface area contributed by atoms with E-state index in [0.717, 1.165) is 19.5 Å². The molecule has 1 aromatic heterocycles. The summed E-state index contributed by atoms with van der Waals surface area (Å²) < 4.78 is 0. The first-order valence-electron chi connectivity index (χ1n) is 6.07. The van der Waals surface area contributed by atoms with Gasteiger partial charge >= 0.3 is 0 Å².